The van der Waals surface area contributed by atoms with E-state index in [0.29, 0.717) is 6.54 Å². The van der Waals surface area contributed by atoms with Crippen molar-refractivity contribution in [2.45, 2.75) is 20.4 Å². The van der Waals surface area contributed by atoms with Crippen molar-refractivity contribution < 1.29 is 4.74 Å². The van der Waals surface area contributed by atoms with Crippen molar-refractivity contribution in [2.75, 3.05) is 7.11 Å². The van der Waals surface area contributed by atoms with E-state index in [1.165, 1.54) is 0 Å². The molecule has 94 valence electrons. The van der Waals surface area contributed by atoms with Gasteiger partial charge in [0.1, 0.15) is 11.4 Å². The fraction of sp³-hybridized carbons (Fsp3) is 0.286. The molecule has 0 atom stereocenters. The first-order valence-corrected chi connectivity index (χ1v) is 5.86. The predicted molar refractivity (Wildman–Crippen MR) is 72.8 cm³/mol. The van der Waals surface area contributed by atoms with Crippen LogP contribution in [0, 0.1) is 13.8 Å². The van der Waals surface area contributed by atoms with Crippen LogP contribution < -0.4 is 4.74 Å². The smallest absolute Gasteiger partial charge is 0.144 e. The number of aliphatic imine (C=N–C) groups is 1. The monoisotopic (exact) mass is 243 g/mol. The maximum atomic E-state index is 5.30. The Labute approximate surface area is 107 Å². The van der Waals surface area contributed by atoms with Crippen molar-refractivity contribution in [3.63, 3.8) is 0 Å². The number of methoxy groups -OCH3 is 1. The highest BCUT2D eigenvalue weighted by Crippen LogP contribution is 2.27. The second kappa shape index (κ2) is 5.49. The van der Waals surface area contributed by atoms with Gasteiger partial charge in [0.25, 0.3) is 0 Å². The lowest BCUT2D eigenvalue weighted by molar-refractivity contribution is 0.416. The normalized spacial score (nSPS) is 11.1. The molecule has 0 radical (unpaired) electrons. The zero-order chi connectivity index (χ0) is 13.0. The molecule has 4 nitrogen and oxygen atoms in total. The van der Waals surface area contributed by atoms with Crippen molar-refractivity contribution in [3.8, 4) is 5.75 Å². The van der Waals surface area contributed by atoms with Crippen LogP contribution in [0.2, 0.25) is 0 Å². The van der Waals surface area contributed by atoms with Gasteiger partial charge in [-0.2, -0.15) is 5.10 Å². The third-order valence-corrected chi connectivity index (χ3v) is 2.61. The molecule has 0 fully saturated rings. The fourth-order valence-corrected chi connectivity index (χ4v) is 1.68. The first-order valence-electron chi connectivity index (χ1n) is 5.86. The van der Waals surface area contributed by atoms with E-state index < -0.39 is 0 Å². The first-order chi connectivity index (χ1) is 8.69. The minimum absolute atomic E-state index is 0.658. The number of ether oxygens (including phenoxy) is 1. The average molecular weight is 243 g/mol. The van der Waals surface area contributed by atoms with E-state index in [2.05, 4.69) is 10.1 Å². The number of hydrogen-bond acceptors (Lipinski definition) is 3. The van der Waals surface area contributed by atoms with Gasteiger partial charge in [-0.05, 0) is 37.6 Å². The molecule has 0 aliphatic carbocycles. The standard InChI is InChI=1S/C14H17N3O/c1-11-4-5-13(14(10-11)18-3)15-7-9-17-8-6-12(2)16-17/h4-8,10H,9H2,1-3H3. The molecule has 0 saturated heterocycles. The summed E-state index contributed by atoms with van der Waals surface area (Å²) in [6.07, 6.45) is 3.77. The highest BCUT2D eigenvalue weighted by atomic mass is 16.5. The van der Waals surface area contributed by atoms with E-state index in [9.17, 15) is 0 Å². The molecule has 0 N–H and O–H groups in total. The lowest BCUT2D eigenvalue weighted by atomic mass is 10.2. The van der Waals surface area contributed by atoms with Gasteiger partial charge >= 0.3 is 0 Å². The van der Waals surface area contributed by atoms with Gasteiger partial charge in [0, 0.05) is 12.4 Å². The van der Waals surface area contributed by atoms with Gasteiger partial charge in [0.15, 0.2) is 0 Å². The molecule has 0 saturated carbocycles. The third-order valence-electron chi connectivity index (χ3n) is 2.61. The van der Waals surface area contributed by atoms with E-state index in [4.69, 9.17) is 4.74 Å². The SMILES string of the molecule is COc1cc(C)ccc1N=CCn1ccc(C)n1. The van der Waals surface area contributed by atoms with Gasteiger partial charge in [0.05, 0.1) is 19.3 Å². The number of benzene rings is 1. The third kappa shape index (κ3) is 2.97. The van der Waals surface area contributed by atoms with Gasteiger partial charge in [-0.15, -0.1) is 0 Å². The maximum absolute atomic E-state index is 5.30. The molecule has 4 heteroatoms. The summed E-state index contributed by atoms with van der Waals surface area (Å²) in [6, 6.07) is 7.93. The molecule has 0 amide bonds. The fourth-order valence-electron chi connectivity index (χ4n) is 1.68. The zero-order valence-electron chi connectivity index (χ0n) is 10.9. The van der Waals surface area contributed by atoms with Crippen LogP contribution in [0.1, 0.15) is 11.3 Å². The number of rotatable bonds is 4. The topological polar surface area (TPSA) is 39.4 Å². The van der Waals surface area contributed by atoms with Gasteiger partial charge < -0.3 is 4.74 Å². The van der Waals surface area contributed by atoms with E-state index >= 15 is 0 Å². The molecule has 1 aromatic heterocycles. The van der Waals surface area contributed by atoms with Gasteiger partial charge in [-0.25, -0.2) is 0 Å². The molecule has 0 aliphatic heterocycles. The molecular formula is C14H17N3O. The molecular weight excluding hydrogens is 226 g/mol. The largest absolute Gasteiger partial charge is 0.494 e. The molecule has 1 heterocycles. The summed E-state index contributed by atoms with van der Waals surface area (Å²) >= 11 is 0. The van der Waals surface area contributed by atoms with Crippen LogP contribution >= 0.6 is 0 Å². The number of aryl methyl sites for hydroxylation is 2. The van der Waals surface area contributed by atoms with Crippen LogP contribution in [-0.4, -0.2) is 23.1 Å². The molecule has 2 aromatic rings. The lowest BCUT2D eigenvalue weighted by Gasteiger charge is -2.04. The molecule has 0 spiro atoms. The minimum atomic E-state index is 0.658. The summed E-state index contributed by atoms with van der Waals surface area (Å²) in [4.78, 5) is 4.41. The van der Waals surface area contributed by atoms with Crippen molar-refractivity contribution in [1.29, 1.82) is 0 Å². The second-order valence-electron chi connectivity index (χ2n) is 4.17. The van der Waals surface area contributed by atoms with Gasteiger partial charge in [-0.1, -0.05) is 6.07 Å². The van der Waals surface area contributed by atoms with Gasteiger partial charge in [-0.3, -0.25) is 9.67 Å². The Morgan fingerprint density at radius 2 is 2.17 bits per heavy atom. The van der Waals surface area contributed by atoms with Crippen molar-refractivity contribution >= 4 is 11.9 Å². The van der Waals surface area contributed by atoms with Crippen molar-refractivity contribution in [3.05, 3.63) is 41.7 Å². The highest BCUT2D eigenvalue weighted by Gasteiger charge is 2.00. The summed E-state index contributed by atoms with van der Waals surface area (Å²) in [5.74, 6) is 0.794. The van der Waals surface area contributed by atoms with Crippen LogP contribution in [0.25, 0.3) is 0 Å². The molecule has 2 rings (SSSR count). The Kier molecular flexibility index (Phi) is 3.77. The quantitative estimate of drug-likeness (QED) is 0.774. The Hall–Kier alpha value is -2.10. The zero-order valence-corrected chi connectivity index (χ0v) is 10.9. The Bertz CT molecular complexity index is 558. The first kappa shape index (κ1) is 12.4. The highest BCUT2D eigenvalue weighted by molar-refractivity contribution is 5.66. The summed E-state index contributed by atoms with van der Waals surface area (Å²) in [5.41, 5.74) is 3.01. The molecule has 0 bridgehead atoms. The van der Waals surface area contributed by atoms with E-state index in [1.807, 2.05) is 55.2 Å². The summed E-state index contributed by atoms with van der Waals surface area (Å²) in [5, 5.41) is 4.29. The molecule has 1 aromatic carbocycles. The van der Waals surface area contributed by atoms with E-state index in [0.717, 1.165) is 22.7 Å². The van der Waals surface area contributed by atoms with Crippen LogP contribution in [0.4, 0.5) is 5.69 Å². The molecule has 0 aliphatic rings. The van der Waals surface area contributed by atoms with E-state index in [1.54, 1.807) is 7.11 Å². The Morgan fingerprint density at radius 1 is 1.33 bits per heavy atom. The predicted octanol–water partition coefficient (Wildman–Crippen LogP) is 2.91. The summed E-state index contributed by atoms with van der Waals surface area (Å²) < 4.78 is 7.14. The Morgan fingerprint density at radius 3 is 2.83 bits per heavy atom. The molecule has 18 heavy (non-hydrogen) atoms. The second-order valence-corrected chi connectivity index (χ2v) is 4.17. The van der Waals surface area contributed by atoms with Gasteiger partial charge in [0.2, 0.25) is 0 Å². The summed E-state index contributed by atoms with van der Waals surface area (Å²) in [7, 11) is 1.66. The number of nitrogens with zero attached hydrogens (tertiary/aromatic N) is 3. The van der Waals surface area contributed by atoms with Crippen molar-refractivity contribution in [1.82, 2.24) is 9.78 Å². The minimum Gasteiger partial charge on any atom is -0.494 e. The van der Waals surface area contributed by atoms with Crippen molar-refractivity contribution in [2.24, 2.45) is 4.99 Å². The Balaban J connectivity index is 2.09. The van der Waals surface area contributed by atoms with Crippen LogP contribution in [0.3, 0.4) is 0 Å². The number of hydrogen-bond donors (Lipinski definition) is 0. The average Bonchev–Trinajstić information content (AvgIpc) is 2.77. The van der Waals surface area contributed by atoms with Crippen LogP contribution in [-0.2, 0) is 6.54 Å². The van der Waals surface area contributed by atoms with E-state index in [-0.39, 0.29) is 0 Å². The number of aromatic nitrogens is 2. The summed E-state index contributed by atoms with van der Waals surface area (Å²) in [6.45, 7) is 4.66. The van der Waals surface area contributed by atoms with Crippen LogP contribution in [0.15, 0.2) is 35.5 Å². The lowest BCUT2D eigenvalue weighted by Crippen LogP contribution is -1.99. The maximum Gasteiger partial charge on any atom is 0.144 e. The molecule has 0 unspecified atom stereocenters. The van der Waals surface area contributed by atoms with Crippen LogP contribution in [0.5, 0.6) is 5.75 Å².